The van der Waals surface area contributed by atoms with E-state index in [0.717, 1.165) is 5.75 Å². The second-order valence-electron chi connectivity index (χ2n) is 4.47. The molecule has 1 rings (SSSR count). The average Bonchev–Trinajstić information content (AvgIpc) is 2.33. The van der Waals surface area contributed by atoms with E-state index in [1.54, 1.807) is 6.07 Å². The molecule has 96 valence electrons. The first-order valence-corrected chi connectivity index (χ1v) is 7.73. The Labute approximate surface area is 110 Å². The minimum absolute atomic E-state index is 0.370. The van der Waals surface area contributed by atoms with Gasteiger partial charge in [0.05, 0.1) is 0 Å². The third kappa shape index (κ3) is 7.32. The highest BCUT2D eigenvalue weighted by molar-refractivity contribution is 7.99. The van der Waals surface area contributed by atoms with Crippen LogP contribution in [-0.4, -0.2) is 10.9 Å². The number of hydrogen-bond donors (Lipinski definition) is 1. The smallest absolute Gasteiger partial charge is 0.116 e. The molecule has 1 aromatic rings. The Balaban J connectivity index is 1.97. The van der Waals surface area contributed by atoms with Crippen molar-refractivity contribution >= 4 is 11.8 Å². The van der Waals surface area contributed by atoms with Crippen LogP contribution in [0.5, 0.6) is 5.75 Å². The van der Waals surface area contributed by atoms with E-state index in [0.29, 0.717) is 5.75 Å². The number of phenols is 1. The Morgan fingerprint density at radius 2 is 1.71 bits per heavy atom. The molecule has 0 aromatic heterocycles. The van der Waals surface area contributed by atoms with Crippen LogP contribution in [-0.2, 0) is 0 Å². The molecule has 0 bridgehead atoms. The molecule has 0 saturated carbocycles. The highest BCUT2D eigenvalue weighted by Crippen LogP contribution is 2.23. The van der Waals surface area contributed by atoms with E-state index < -0.39 is 0 Å². The number of benzene rings is 1. The van der Waals surface area contributed by atoms with Crippen LogP contribution in [0.3, 0.4) is 0 Å². The molecule has 0 aliphatic rings. The van der Waals surface area contributed by atoms with Gasteiger partial charge in [-0.15, -0.1) is 11.8 Å². The van der Waals surface area contributed by atoms with E-state index in [-0.39, 0.29) is 0 Å². The van der Waals surface area contributed by atoms with Crippen LogP contribution in [0.15, 0.2) is 29.2 Å². The van der Waals surface area contributed by atoms with Gasteiger partial charge < -0.3 is 5.11 Å². The van der Waals surface area contributed by atoms with Gasteiger partial charge in [0.1, 0.15) is 5.75 Å². The Hall–Kier alpha value is -0.630. The topological polar surface area (TPSA) is 20.2 Å². The number of aromatic hydroxyl groups is 1. The standard InChI is InChI=1S/C15H24OS/c1-2-3-4-5-6-7-8-12-17-15-11-9-10-14(16)13-15/h9-11,13,16H,2-8,12H2,1H3. The van der Waals surface area contributed by atoms with Crippen LogP contribution in [0.4, 0.5) is 0 Å². The third-order valence-electron chi connectivity index (χ3n) is 2.83. The molecule has 0 saturated heterocycles. The monoisotopic (exact) mass is 252 g/mol. The van der Waals surface area contributed by atoms with Gasteiger partial charge in [0.25, 0.3) is 0 Å². The molecule has 1 nitrogen and oxygen atoms in total. The van der Waals surface area contributed by atoms with Gasteiger partial charge in [-0.3, -0.25) is 0 Å². The summed E-state index contributed by atoms with van der Waals surface area (Å²) in [6, 6.07) is 7.53. The molecule has 1 N–H and O–H groups in total. The minimum atomic E-state index is 0.370. The maximum atomic E-state index is 9.32. The summed E-state index contributed by atoms with van der Waals surface area (Å²) in [5, 5.41) is 9.32. The molecule has 0 heterocycles. The molecule has 0 aliphatic carbocycles. The average molecular weight is 252 g/mol. The molecule has 0 amide bonds. The van der Waals surface area contributed by atoms with E-state index >= 15 is 0 Å². The van der Waals surface area contributed by atoms with Crippen molar-refractivity contribution in [2.75, 3.05) is 5.75 Å². The number of hydrogen-bond acceptors (Lipinski definition) is 2. The van der Waals surface area contributed by atoms with Gasteiger partial charge in [-0.25, -0.2) is 0 Å². The molecular weight excluding hydrogens is 228 g/mol. The fourth-order valence-electron chi connectivity index (χ4n) is 1.82. The van der Waals surface area contributed by atoms with Crippen LogP contribution in [0, 0.1) is 0 Å². The second kappa shape index (κ2) is 9.41. The lowest BCUT2D eigenvalue weighted by molar-refractivity contribution is 0.474. The molecule has 0 radical (unpaired) electrons. The van der Waals surface area contributed by atoms with Gasteiger partial charge in [0, 0.05) is 4.90 Å². The number of rotatable bonds is 9. The predicted octanol–water partition coefficient (Wildman–Crippen LogP) is 5.23. The van der Waals surface area contributed by atoms with Gasteiger partial charge in [-0.05, 0) is 30.4 Å². The van der Waals surface area contributed by atoms with Crippen molar-refractivity contribution < 1.29 is 5.11 Å². The van der Waals surface area contributed by atoms with Crippen LogP contribution < -0.4 is 0 Å². The zero-order valence-electron chi connectivity index (χ0n) is 10.8. The molecule has 0 spiro atoms. The fraction of sp³-hybridized carbons (Fsp3) is 0.600. The SMILES string of the molecule is CCCCCCCCCSc1cccc(O)c1. The summed E-state index contributed by atoms with van der Waals surface area (Å²) in [5.74, 6) is 1.53. The highest BCUT2D eigenvalue weighted by atomic mass is 32.2. The lowest BCUT2D eigenvalue weighted by atomic mass is 10.1. The fourth-order valence-corrected chi connectivity index (χ4v) is 2.79. The van der Waals surface area contributed by atoms with Crippen LogP contribution in [0.1, 0.15) is 51.9 Å². The van der Waals surface area contributed by atoms with E-state index in [2.05, 4.69) is 13.0 Å². The van der Waals surface area contributed by atoms with Crippen LogP contribution in [0.2, 0.25) is 0 Å². The van der Waals surface area contributed by atoms with Crippen LogP contribution in [0.25, 0.3) is 0 Å². The summed E-state index contributed by atoms with van der Waals surface area (Å²) in [5.41, 5.74) is 0. The van der Waals surface area contributed by atoms with Crippen molar-refractivity contribution in [3.63, 3.8) is 0 Å². The lowest BCUT2D eigenvalue weighted by Gasteiger charge is -2.02. The van der Waals surface area contributed by atoms with E-state index in [1.165, 1.54) is 49.8 Å². The van der Waals surface area contributed by atoms with Gasteiger partial charge in [0.2, 0.25) is 0 Å². The van der Waals surface area contributed by atoms with Crippen LogP contribution >= 0.6 is 11.8 Å². The summed E-state index contributed by atoms with van der Waals surface area (Å²) in [4.78, 5) is 1.18. The molecule has 17 heavy (non-hydrogen) atoms. The first-order chi connectivity index (χ1) is 8.33. The minimum Gasteiger partial charge on any atom is -0.508 e. The summed E-state index contributed by atoms with van der Waals surface area (Å²) in [6.45, 7) is 2.26. The largest absolute Gasteiger partial charge is 0.508 e. The van der Waals surface area contributed by atoms with Crippen molar-refractivity contribution in [1.29, 1.82) is 0 Å². The Morgan fingerprint density at radius 3 is 2.41 bits per heavy atom. The quantitative estimate of drug-likeness (QED) is 0.479. The van der Waals surface area contributed by atoms with Gasteiger partial charge in [0.15, 0.2) is 0 Å². The van der Waals surface area contributed by atoms with Gasteiger partial charge >= 0.3 is 0 Å². The maximum absolute atomic E-state index is 9.32. The predicted molar refractivity (Wildman–Crippen MR) is 76.8 cm³/mol. The van der Waals surface area contributed by atoms with Crippen molar-refractivity contribution in [3.8, 4) is 5.75 Å². The zero-order chi connectivity index (χ0) is 12.3. The first kappa shape index (κ1) is 14.4. The Bertz CT molecular complexity index is 299. The van der Waals surface area contributed by atoms with E-state index in [4.69, 9.17) is 0 Å². The van der Waals surface area contributed by atoms with E-state index in [9.17, 15) is 5.11 Å². The summed E-state index contributed by atoms with van der Waals surface area (Å²) < 4.78 is 0. The molecule has 0 unspecified atom stereocenters. The lowest BCUT2D eigenvalue weighted by Crippen LogP contribution is -1.83. The third-order valence-corrected chi connectivity index (χ3v) is 3.91. The summed E-state index contributed by atoms with van der Waals surface area (Å²) in [7, 11) is 0. The molecule has 1 aromatic carbocycles. The summed E-state index contributed by atoms with van der Waals surface area (Å²) >= 11 is 1.84. The maximum Gasteiger partial charge on any atom is 0.116 e. The molecule has 0 fully saturated rings. The zero-order valence-corrected chi connectivity index (χ0v) is 11.6. The van der Waals surface area contributed by atoms with Crippen molar-refractivity contribution in [3.05, 3.63) is 24.3 Å². The van der Waals surface area contributed by atoms with Gasteiger partial charge in [-0.1, -0.05) is 51.5 Å². The van der Waals surface area contributed by atoms with Crippen molar-refractivity contribution in [1.82, 2.24) is 0 Å². The second-order valence-corrected chi connectivity index (χ2v) is 5.64. The van der Waals surface area contributed by atoms with Crippen molar-refractivity contribution in [2.45, 2.75) is 56.8 Å². The summed E-state index contributed by atoms with van der Waals surface area (Å²) in [6.07, 6.45) is 9.51. The number of thioether (sulfide) groups is 1. The Morgan fingerprint density at radius 1 is 1.00 bits per heavy atom. The molecule has 2 heteroatoms. The van der Waals surface area contributed by atoms with Gasteiger partial charge in [-0.2, -0.15) is 0 Å². The molecule has 0 atom stereocenters. The normalized spacial score (nSPS) is 10.6. The van der Waals surface area contributed by atoms with Crippen molar-refractivity contribution in [2.24, 2.45) is 0 Å². The highest BCUT2D eigenvalue weighted by Gasteiger charge is 1.96. The Kier molecular flexibility index (Phi) is 7.98. The number of phenolic OH excluding ortho intramolecular Hbond substituents is 1. The van der Waals surface area contributed by atoms with E-state index in [1.807, 2.05) is 23.9 Å². The number of unbranched alkanes of at least 4 members (excludes halogenated alkanes) is 6. The first-order valence-electron chi connectivity index (χ1n) is 6.74. The molecule has 0 aliphatic heterocycles. The molecular formula is C15H24OS.